The lowest BCUT2D eigenvalue weighted by molar-refractivity contribution is -0.116. The molecule has 2 N–H and O–H groups in total. The number of hydrogen-bond acceptors (Lipinski definition) is 3. The summed E-state index contributed by atoms with van der Waals surface area (Å²) in [6.45, 7) is 4.94. The van der Waals surface area contributed by atoms with Crippen molar-refractivity contribution in [3.05, 3.63) is 29.6 Å². The highest BCUT2D eigenvalue weighted by atomic mass is 32.1. The molecule has 0 saturated heterocycles. The van der Waals surface area contributed by atoms with E-state index in [4.69, 9.17) is 0 Å². The third kappa shape index (κ3) is 3.31. The summed E-state index contributed by atoms with van der Waals surface area (Å²) in [5, 5.41) is 9.40. The molecule has 1 aromatic carbocycles. The van der Waals surface area contributed by atoms with E-state index in [1.165, 1.54) is 10.1 Å². The summed E-state index contributed by atoms with van der Waals surface area (Å²) in [6, 6.07) is 8.29. The van der Waals surface area contributed by atoms with Crippen molar-refractivity contribution in [2.45, 2.75) is 26.3 Å². The Bertz CT molecular complexity index is 535. The van der Waals surface area contributed by atoms with Gasteiger partial charge >= 0.3 is 0 Å². The van der Waals surface area contributed by atoms with E-state index in [0.29, 0.717) is 6.42 Å². The first-order valence-electron chi connectivity index (χ1n) is 6.19. The number of rotatable bonds is 5. The zero-order valence-electron chi connectivity index (χ0n) is 10.7. The van der Waals surface area contributed by atoms with E-state index in [9.17, 15) is 4.79 Å². The van der Waals surface area contributed by atoms with E-state index in [1.54, 1.807) is 11.3 Å². The molecule has 1 amide bonds. The number of benzene rings is 1. The monoisotopic (exact) mass is 262 g/mol. The molecule has 0 aliphatic rings. The van der Waals surface area contributed by atoms with Gasteiger partial charge < -0.3 is 10.6 Å². The van der Waals surface area contributed by atoms with E-state index in [1.807, 2.05) is 32.0 Å². The van der Waals surface area contributed by atoms with Crippen LogP contribution in [-0.2, 0) is 4.79 Å². The van der Waals surface area contributed by atoms with Crippen molar-refractivity contribution in [1.82, 2.24) is 5.32 Å². The average Bonchev–Trinajstić information content (AvgIpc) is 2.76. The molecular weight excluding hydrogens is 244 g/mol. The van der Waals surface area contributed by atoms with Crippen LogP contribution in [0.25, 0.3) is 10.1 Å². The standard InChI is InChI=1S/C14H18N2OS/c1-3-15-10(2)8-14(17)16-12-4-5-13-11(9-12)6-7-18-13/h4-7,9-10,15H,3,8H2,1-2H3,(H,16,17). The van der Waals surface area contributed by atoms with Gasteiger partial charge in [-0.05, 0) is 48.5 Å². The molecule has 0 aliphatic heterocycles. The number of anilines is 1. The minimum atomic E-state index is 0.0537. The zero-order valence-corrected chi connectivity index (χ0v) is 11.5. The second-order valence-corrected chi connectivity index (χ2v) is 5.33. The maximum atomic E-state index is 11.8. The molecule has 4 heteroatoms. The van der Waals surface area contributed by atoms with Crippen LogP contribution in [0.15, 0.2) is 29.6 Å². The first kappa shape index (κ1) is 13.1. The molecule has 0 aliphatic carbocycles. The van der Waals surface area contributed by atoms with Crippen LogP contribution < -0.4 is 10.6 Å². The second-order valence-electron chi connectivity index (χ2n) is 4.38. The lowest BCUT2D eigenvalue weighted by Crippen LogP contribution is -2.30. The Morgan fingerprint density at radius 3 is 3.00 bits per heavy atom. The lowest BCUT2D eigenvalue weighted by Gasteiger charge is -2.12. The molecule has 18 heavy (non-hydrogen) atoms. The van der Waals surface area contributed by atoms with Gasteiger partial charge in [-0.3, -0.25) is 4.79 Å². The first-order chi connectivity index (χ1) is 8.69. The molecule has 1 unspecified atom stereocenters. The molecule has 1 heterocycles. The number of carbonyl (C=O) groups excluding carboxylic acids is 1. The van der Waals surface area contributed by atoms with Gasteiger partial charge in [0.05, 0.1) is 0 Å². The Hall–Kier alpha value is -1.39. The quantitative estimate of drug-likeness (QED) is 0.868. The van der Waals surface area contributed by atoms with Crippen molar-refractivity contribution in [1.29, 1.82) is 0 Å². The van der Waals surface area contributed by atoms with Crippen molar-refractivity contribution >= 4 is 33.0 Å². The summed E-state index contributed by atoms with van der Waals surface area (Å²) in [6.07, 6.45) is 0.496. The topological polar surface area (TPSA) is 41.1 Å². The summed E-state index contributed by atoms with van der Waals surface area (Å²) in [5.74, 6) is 0.0537. The van der Waals surface area contributed by atoms with E-state index in [-0.39, 0.29) is 11.9 Å². The van der Waals surface area contributed by atoms with Crippen molar-refractivity contribution in [2.24, 2.45) is 0 Å². The fraction of sp³-hybridized carbons (Fsp3) is 0.357. The van der Waals surface area contributed by atoms with Crippen molar-refractivity contribution in [3.63, 3.8) is 0 Å². The van der Waals surface area contributed by atoms with Gasteiger partial charge in [-0.25, -0.2) is 0 Å². The van der Waals surface area contributed by atoms with Crippen LogP contribution in [0.3, 0.4) is 0 Å². The predicted octanol–water partition coefficient (Wildman–Crippen LogP) is 3.23. The summed E-state index contributed by atoms with van der Waals surface area (Å²) >= 11 is 1.71. The van der Waals surface area contributed by atoms with Crippen LogP contribution in [0.1, 0.15) is 20.3 Å². The molecule has 1 atom stereocenters. The Balaban J connectivity index is 1.97. The highest BCUT2D eigenvalue weighted by Crippen LogP contribution is 2.24. The van der Waals surface area contributed by atoms with Crippen LogP contribution in [0.5, 0.6) is 0 Å². The first-order valence-corrected chi connectivity index (χ1v) is 7.07. The van der Waals surface area contributed by atoms with Crippen LogP contribution in [0.4, 0.5) is 5.69 Å². The number of fused-ring (bicyclic) bond motifs is 1. The predicted molar refractivity (Wildman–Crippen MR) is 78.2 cm³/mol. The number of hydrogen-bond donors (Lipinski definition) is 2. The Labute approximate surface area is 111 Å². The molecule has 3 nitrogen and oxygen atoms in total. The highest BCUT2D eigenvalue weighted by molar-refractivity contribution is 7.17. The SMILES string of the molecule is CCNC(C)CC(=O)Nc1ccc2sccc2c1. The second kappa shape index (κ2) is 5.98. The Morgan fingerprint density at radius 1 is 1.39 bits per heavy atom. The fourth-order valence-electron chi connectivity index (χ4n) is 1.96. The molecule has 2 aromatic rings. The molecule has 0 bridgehead atoms. The largest absolute Gasteiger partial charge is 0.326 e. The fourth-order valence-corrected chi connectivity index (χ4v) is 2.73. The van der Waals surface area contributed by atoms with Gasteiger partial charge in [0.15, 0.2) is 0 Å². The average molecular weight is 262 g/mol. The van der Waals surface area contributed by atoms with Crippen LogP contribution in [0, 0.1) is 0 Å². The van der Waals surface area contributed by atoms with Crippen molar-refractivity contribution in [3.8, 4) is 0 Å². The summed E-state index contributed by atoms with van der Waals surface area (Å²) in [7, 11) is 0. The lowest BCUT2D eigenvalue weighted by atomic mass is 10.2. The van der Waals surface area contributed by atoms with Gasteiger partial charge in [0.1, 0.15) is 0 Å². The van der Waals surface area contributed by atoms with E-state index in [2.05, 4.69) is 22.1 Å². The van der Waals surface area contributed by atoms with Gasteiger partial charge in [0.25, 0.3) is 0 Å². The minimum Gasteiger partial charge on any atom is -0.326 e. The number of nitrogens with one attached hydrogen (secondary N) is 2. The van der Waals surface area contributed by atoms with Gasteiger partial charge in [0, 0.05) is 22.8 Å². The smallest absolute Gasteiger partial charge is 0.225 e. The molecule has 0 fully saturated rings. The summed E-state index contributed by atoms with van der Waals surface area (Å²) < 4.78 is 1.24. The van der Waals surface area contributed by atoms with Gasteiger partial charge in [0.2, 0.25) is 5.91 Å². The van der Waals surface area contributed by atoms with Crippen molar-refractivity contribution < 1.29 is 4.79 Å². The number of thiophene rings is 1. The van der Waals surface area contributed by atoms with E-state index in [0.717, 1.165) is 12.2 Å². The maximum Gasteiger partial charge on any atom is 0.225 e. The maximum absolute atomic E-state index is 11.8. The molecule has 96 valence electrons. The summed E-state index contributed by atoms with van der Waals surface area (Å²) in [5.41, 5.74) is 0.870. The van der Waals surface area contributed by atoms with Gasteiger partial charge in [-0.1, -0.05) is 6.92 Å². The molecule has 0 radical (unpaired) electrons. The van der Waals surface area contributed by atoms with Crippen LogP contribution >= 0.6 is 11.3 Å². The van der Waals surface area contributed by atoms with Crippen LogP contribution in [0.2, 0.25) is 0 Å². The normalized spacial score (nSPS) is 12.6. The van der Waals surface area contributed by atoms with Gasteiger partial charge in [-0.2, -0.15) is 0 Å². The Morgan fingerprint density at radius 2 is 2.22 bits per heavy atom. The van der Waals surface area contributed by atoms with Crippen LogP contribution in [-0.4, -0.2) is 18.5 Å². The zero-order chi connectivity index (χ0) is 13.0. The highest BCUT2D eigenvalue weighted by Gasteiger charge is 2.08. The minimum absolute atomic E-state index is 0.0537. The molecule has 0 spiro atoms. The molecular formula is C14H18N2OS. The molecule has 2 rings (SSSR count). The number of carbonyl (C=O) groups is 1. The third-order valence-electron chi connectivity index (χ3n) is 2.78. The van der Waals surface area contributed by atoms with Gasteiger partial charge in [-0.15, -0.1) is 11.3 Å². The van der Waals surface area contributed by atoms with Crippen molar-refractivity contribution in [2.75, 3.05) is 11.9 Å². The van der Waals surface area contributed by atoms with E-state index < -0.39 is 0 Å². The third-order valence-corrected chi connectivity index (χ3v) is 3.68. The molecule has 0 saturated carbocycles. The molecule has 1 aromatic heterocycles. The van der Waals surface area contributed by atoms with E-state index >= 15 is 0 Å². The summed E-state index contributed by atoms with van der Waals surface area (Å²) in [4.78, 5) is 11.8. The Kier molecular flexibility index (Phi) is 4.33. The number of amides is 1.